The number of piperidine rings is 1. The fourth-order valence-electron chi connectivity index (χ4n) is 10.0. The molecule has 6 aliphatic rings. The molecule has 6 heteroatoms. The summed E-state index contributed by atoms with van der Waals surface area (Å²) >= 11 is 0. The molecule has 1 amide bonds. The van der Waals surface area contributed by atoms with Gasteiger partial charge in [-0.1, -0.05) is 12.1 Å². The summed E-state index contributed by atoms with van der Waals surface area (Å²) in [5.41, 5.74) is 3.74. The summed E-state index contributed by atoms with van der Waals surface area (Å²) in [6.07, 6.45) is 10.2. The lowest BCUT2D eigenvalue weighted by Crippen LogP contribution is -2.70. The van der Waals surface area contributed by atoms with Crippen LogP contribution in [-0.2, 0) is 16.6 Å². The number of aromatic nitrogens is 1. The summed E-state index contributed by atoms with van der Waals surface area (Å²) in [4.78, 5) is 35.0. The van der Waals surface area contributed by atoms with E-state index in [0.29, 0.717) is 29.3 Å². The Morgan fingerprint density at radius 3 is 2.81 bits per heavy atom. The van der Waals surface area contributed by atoms with Crippen LogP contribution in [0.15, 0.2) is 42.6 Å². The number of fused-ring (bicyclic) bond motifs is 1. The number of rotatable bonds is 4. The van der Waals surface area contributed by atoms with Gasteiger partial charge >= 0.3 is 5.97 Å². The molecule has 8 rings (SSSR count). The Morgan fingerprint density at radius 2 is 2.03 bits per heavy atom. The Hall–Kier alpha value is -2.73. The first-order chi connectivity index (χ1) is 18.0. The van der Waals surface area contributed by atoms with Gasteiger partial charge in [0.1, 0.15) is 11.4 Å². The first kappa shape index (κ1) is 22.3. The lowest BCUT2D eigenvalue weighted by molar-refractivity contribution is -0.131. The van der Waals surface area contributed by atoms with E-state index in [9.17, 15) is 9.59 Å². The molecule has 37 heavy (non-hydrogen) atoms. The molecule has 0 radical (unpaired) electrons. The van der Waals surface area contributed by atoms with E-state index in [1.807, 2.05) is 24.3 Å². The van der Waals surface area contributed by atoms with E-state index < -0.39 is 0 Å². The van der Waals surface area contributed by atoms with Crippen LogP contribution in [0.5, 0.6) is 5.75 Å². The van der Waals surface area contributed by atoms with E-state index in [1.165, 1.54) is 50.3 Å². The summed E-state index contributed by atoms with van der Waals surface area (Å²) in [6.45, 7) is 4.73. The van der Waals surface area contributed by atoms with Crippen LogP contribution in [0.1, 0.15) is 67.1 Å². The fourth-order valence-corrected chi connectivity index (χ4v) is 10.0. The van der Waals surface area contributed by atoms with Gasteiger partial charge in [-0.15, -0.1) is 0 Å². The number of hydrogen-bond acceptors (Lipinski definition) is 5. The second-order valence-corrected chi connectivity index (χ2v) is 12.7. The number of hydrogen-bond donors (Lipinski definition) is 0. The van der Waals surface area contributed by atoms with E-state index in [4.69, 9.17) is 4.74 Å². The van der Waals surface area contributed by atoms with Crippen LogP contribution in [0, 0.1) is 23.2 Å². The van der Waals surface area contributed by atoms with Gasteiger partial charge < -0.3 is 9.64 Å². The van der Waals surface area contributed by atoms with Crippen LogP contribution in [0.25, 0.3) is 0 Å². The normalized spacial score (nSPS) is 37.2. The van der Waals surface area contributed by atoms with Crippen molar-refractivity contribution in [3.8, 4) is 5.75 Å². The quantitative estimate of drug-likeness (QED) is 0.467. The number of pyridine rings is 1. The Bertz CT molecular complexity index is 1290. The first-order valence-electron chi connectivity index (χ1n) is 14.3. The lowest BCUT2D eigenvalue weighted by Gasteiger charge is -2.66. The van der Waals surface area contributed by atoms with Crippen molar-refractivity contribution < 1.29 is 14.3 Å². The topological polar surface area (TPSA) is 62.7 Å². The van der Waals surface area contributed by atoms with Gasteiger partial charge in [0, 0.05) is 43.7 Å². The summed E-state index contributed by atoms with van der Waals surface area (Å²) < 4.78 is 5.63. The Labute approximate surface area is 218 Å². The van der Waals surface area contributed by atoms with E-state index in [0.717, 1.165) is 38.3 Å². The van der Waals surface area contributed by atoms with E-state index in [1.54, 1.807) is 6.20 Å². The zero-order chi connectivity index (χ0) is 24.9. The van der Waals surface area contributed by atoms with Crippen molar-refractivity contribution in [1.29, 1.82) is 0 Å². The second-order valence-electron chi connectivity index (χ2n) is 12.7. The zero-order valence-electron chi connectivity index (χ0n) is 21.6. The molecule has 0 spiro atoms. The largest absolute Gasteiger partial charge is 0.427 e. The molecule has 2 aromatic rings. The van der Waals surface area contributed by atoms with Crippen LogP contribution in [0.4, 0.5) is 0 Å². The molecule has 4 bridgehead atoms. The molecule has 6 nitrogen and oxygen atoms in total. The average molecular weight is 498 g/mol. The molecule has 2 aliphatic heterocycles. The fraction of sp³-hybridized carbons (Fsp3) is 0.581. The van der Waals surface area contributed by atoms with Crippen molar-refractivity contribution in [2.75, 3.05) is 19.6 Å². The third kappa shape index (κ3) is 2.94. The zero-order valence-corrected chi connectivity index (χ0v) is 21.6. The summed E-state index contributed by atoms with van der Waals surface area (Å²) in [5, 5.41) is 0. The van der Waals surface area contributed by atoms with Gasteiger partial charge in [0.2, 0.25) is 0 Å². The second kappa shape index (κ2) is 7.66. The van der Waals surface area contributed by atoms with Crippen molar-refractivity contribution in [3.63, 3.8) is 0 Å². The van der Waals surface area contributed by atoms with E-state index in [2.05, 4.69) is 26.9 Å². The molecule has 4 aliphatic carbocycles. The number of esters is 1. The summed E-state index contributed by atoms with van der Waals surface area (Å²) in [7, 11) is 0. The molecule has 192 valence electrons. The summed E-state index contributed by atoms with van der Waals surface area (Å²) in [6, 6.07) is 12.9. The van der Waals surface area contributed by atoms with Gasteiger partial charge in [0.15, 0.2) is 0 Å². The highest BCUT2D eigenvalue weighted by Crippen LogP contribution is 2.75. The predicted octanol–water partition coefficient (Wildman–Crippen LogP) is 4.23. The molecule has 3 saturated carbocycles. The van der Waals surface area contributed by atoms with Crippen molar-refractivity contribution in [2.24, 2.45) is 23.2 Å². The molecular formula is C31H35N3O3. The molecule has 6 atom stereocenters. The number of ether oxygens (including phenoxy) is 1. The van der Waals surface area contributed by atoms with Gasteiger partial charge in [-0.2, -0.15) is 0 Å². The lowest BCUT2D eigenvalue weighted by atomic mass is 9.43. The van der Waals surface area contributed by atoms with Crippen LogP contribution >= 0.6 is 0 Å². The third-order valence-electron chi connectivity index (χ3n) is 11.2. The van der Waals surface area contributed by atoms with Crippen LogP contribution < -0.4 is 4.74 Å². The maximum Gasteiger partial charge on any atom is 0.308 e. The minimum atomic E-state index is -0.265. The number of carbonyl (C=O) groups excluding carboxylic acids is 2. The van der Waals surface area contributed by atoms with Crippen LogP contribution in [0.2, 0.25) is 0 Å². The maximum atomic E-state index is 13.7. The van der Waals surface area contributed by atoms with Gasteiger partial charge in [-0.3, -0.25) is 19.5 Å². The molecule has 0 unspecified atom stereocenters. The highest BCUT2D eigenvalue weighted by molar-refractivity contribution is 5.92. The van der Waals surface area contributed by atoms with Gasteiger partial charge in [-0.05, 0) is 110 Å². The standard InChI is InChI=1S/C31H35N3O3/c1-19(35)37-23-8-7-21-14-27-30-10-9-26-28(22(16-30)18-34(26)29(36)25-4-2-3-12-32-25)31(30,24(21)15-23)11-13-33(27)17-20-5-6-20/h2-4,7-8,12,15,20,22,26-28H,5-6,9-11,13-14,16-18H2,1H3/t22-,26-,27-,28-,30-,31+/m1/s1. The monoisotopic (exact) mass is 497 g/mol. The first-order valence-corrected chi connectivity index (χ1v) is 14.3. The number of likely N-dealkylation sites (tertiary alicyclic amines) is 2. The summed E-state index contributed by atoms with van der Waals surface area (Å²) in [5.74, 6) is 2.38. The third-order valence-corrected chi connectivity index (χ3v) is 11.2. The highest BCUT2D eigenvalue weighted by Gasteiger charge is 2.76. The molecule has 0 N–H and O–H groups in total. The van der Waals surface area contributed by atoms with Crippen molar-refractivity contribution in [1.82, 2.24) is 14.8 Å². The minimum absolute atomic E-state index is 0.0498. The minimum Gasteiger partial charge on any atom is -0.427 e. The van der Waals surface area contributed by atoms with E-state index in [-0.39, 0.29) is 28.7 Å². The average Bonchev–Trinajstić information content (AvgIpc) is 3.59. The van der Waals surface area contributed by atoms with Gasteiger partial charge in [-0.25, -0.2) is 0 Å². The molecule has 3 heterocycles. The van der Waals surface area contributed by atoms with Gasteiger partial charge in [0.25, 0.3) is 5.91 Å². The van der Waals surface area contributed by atoms with Crippen molar-refractivity contribution in [2.45, 2.75) is 69.4 Å². The van der Waals surface area contributed by atoms with Gasteiger partial charge in [0.05, 0.1) is 0 Å². The Kier molecular flexibility index (Phi) is 4.61. The molecule has 1 aromatic carbocycles. The predicted molar refractivity (Wildman–Crippen MR) is 138 cm³/mol. The van der Waals surface area contributed by atoms with Crippen LogP contribution in [0.3, 0.4) is 0 Å². The number of carbonyl (C=O) groups is 2. The number of benzene rings is 1. The van der Waals surface area contributed by atoms with Crippen LogP contribution in [-0.4, -0.2) is 58.4 Å². The molecule has 2 saturated heterocycles. The highest BCUT2D eigenvalue weighted by atomic mass is 16.5. The van der Waals surface area contributed by atoms with E-state index >= 15 is 0 Å². The Morgan fingerprint density at radius 1 is 1.14 bits per heavy atom. The maximum absolute atomic E-state index is 13.7. The van der Waals surface area contributed by atoms with Crippen molar-refractivity contribution >= 4 is 11.9 Å². The van der Waals surface area contributed by atoms with Crippen molar-refractivity contribution in [3.05, 3.63) is 59.4 Å². The number of nitrogens with zero attached hydrogens (tertiary/aromatic N) is 3. The smallest absolute Gasteiger partial charge is 0.308 e. The molecular weight excluding hydrogens is 462 g/mol. The number of amides is 1. The molecule has 5 fully saturated rings. The Balaban J connectivity index is 1.25. The SMILES string of the molecule is CC(=O)Oc1ccc2c(c1)[C@]13CCN(CC4CC4)[C@H](C2)[C@]12CC[C@@H]1[C@H]3[C@@H](CN1C(=O)c1ccccn1)C2. The molecule has 1 aromatic heterocycles.